The lowest BCUT2D eigenvalue weighted by Crippen LogP contribution is -2.30. The van der Waals surface area contributed by atoms with Crippen LogP contribution in [0.25, 0.3) is 11.1 Å². The van der Waals surface area contributed by atoms with Crippen molar-refractivity contribution in [2.45, 2.75) is 39.2 Å². The maximum absolute atomic E-state index is 12.5. The molecule has 3 aromatic carbocycles. The molecule has 1 amide bonds. The Morgan fingerprint density at radius 3 is 2.22 bits per heavy atom. The highest BCUT2D eigenvalue weighted by Gasteiger charge is 2.17. The monoisotopic (exact) mass is 544 g/mol. The third-order valence-electron chi connectivity index (χ3n) is 5.88. The van der Waals surface area contributed by atoms with Crippen LogP contribution in [0.5, 0.6) is 0 Å². The molecule has 0 spiro atoms. The molecule has 0 fully saturated rings. The number of aliphatic hydroxyl groups excluding tert-OH is 1. The number of aliphatic hydroxyl groups is 1. The predicted octanol–water partition coefficient (Wildman–Crippen LogP) is 4.92. The number of sulfonamides is 1. The summed E-state index contributed by atoms with van der Waals surface area (Å²) in [6, 6.07) is 23.6. The highest BCUT2D eigenvalue weighted by Crippen LogP contribution is 2.25. The number of hydrogen-bond acceptors (Lipinski definition) is 5. The Hall–Kier alpha value is -2.71. The molecular formula is C29H37ClN2O4S. The van der Waals surface area contributed by atoms with Crippen LogP contribution in [0, 0.1) is 5.92 Å². The Bertz CT molecular complexity index is 1250. The van der Waals surface area contributed by atoms with Crippen LogP contribution in [0.1, 0.15) is 53.4 Å². The average molecular weight is 545 g/mol. The summed E-state index contributed by atoms with van der Waals surface area (Å²) >= 11 is 0. The maximum Gasteiger partial charge on any atom is 0.264 e. The minimum atomic E-state index is -3.63. The van der Waals surface area contributed by atoms with Crippen molar-refractivity contribution in [1.82, 2.24) is 10.0 Å². The molecular weight excluding hydrogens is 508 g/mol. The average Bonchev–Trinajstić information content (AvgIpc) is 2.83. The summed E-state index contributed by atoms with van der Waals surface area (Å²) in [4.78, 5) is 12.5. The van der Waals surface area contributed by atoms with Gasteiger partial charge in [0.1, 0.15) is 0 Å². The van der Waals surface area contributed by atoms with E-state index in [1.807, 2.05) is 42.5 Å². The minimum Gasteiger partial charge on any atom is -0.387 e. The van der Waals surface area contributed by atoms with Gasteiger partial charge in [-0.2, -0.15) is 0 Å². The second-order valence-electron chi connectivity index (χ2n) is 9.60. The van der Waals surface area contributed by atoms with Crippen LogP contribution in [0.2, 0.25) is 0 Å². The lowest BCUT2D eigenvalue weighted by Gasteiger charge is -2.14. The molecule has 0 aromatic heterocycles. The van der Waals surface area contributed by atoms with Gasteiger partial charge in [0, 0.05) is 12.1 Å². The predicted molar refractivity (Wildman–Crippen MR) is 153 cm³/mol. The van der Waals surface area contributed by atoms with E-state index in [9.17, 15) is 18.3 Å². The Kier molecular flexibility index (Phi) is 11.8. The first-order chi connectivity index (χ1) is 17.1. The zero-order chi connectivity index (χ0) is 26.1. The van der Waals surface area contributed by atoms with Crippen LogP contribution >= 0.6 is 12.4 Å². The van der Waals surface area contributed by atoms with Crippen molar-refractivity contribution in [2.75, 3.05) is 19.3 Å². The molecule has 0 aliphatic heterocycles. The molecule has 3 N–H and O–H groups in total. The van der Waals surface area contributed by atoms with E-state index in [4.69, 9.17) is 0 Å². The number of carbonyl (C=O) groups is 1. The van der Waals surface area contributed by atoms with E-state index in [-0.39, 0.29) is 12.4 Å². The van der Waals surface area contributed by atoms with Gasteiger partial charge >= 0.3 is 0 Å². The van der Waals surface area contributed by atoms with E-state index in [2.05, 4.69) is 48.2 Å². The molecule has 0 unspecified atom stereocenters. The minimum absolute atomic E-state index is 0. The zero-order valence-electron chi connectivity index (χ0n) is 21.6. The summed E-state index contributed by atoms with van der Waals surface area (Å²) in [6.45, 7) is 5.48. The molecule has 0 saturated heterocycles. The number of benzene rings is 3. The lowest BCUT2D eigenvalue weighted by atomic mass is 9.93. The second kappa shape index (κ2) is 14.3. The molecule has 0 heterocycles. The first kappa shape index (κ1) is 30.5. The van der Waals surface area contributed by atoms with Gasteiger partial charge in [-0.1, -0.05) is 80.6 Å². The van der Waals surface area contributed by atoms with Gasteiger partial charge in [0.2, 0.25) is 10.0 Å². The molecule has 8 heteroatoms. The number of nitrogens with one attached hydrogen (secondary N) is 2. The Morgan fingerprint density at radius 2 is 1.59 bits per heavy atom. The normalized spacial score (nSPS) is 12.1. The van der Waals surface area contributed by atoms with Gasteiger partial charge in [-0.3, -0.25) is 4.79 Å². The Balaban J connectivity index is 0.00000481. The van der Waals surface area contributed by atoms with Crippen molar-refractivity contribution >= 4 is 28.3 Å². The molecule has 0 bridgehead atoms. The van der Waals surface area contributed by atoms with Crippen molar-refractivity contribution in [1.29, 1.82) is 0 Å². The molecule has 0 saturated carbocycles. The van der Waals surface area contributed by atoms with Gasteiger partial charge in [-0.15, -0.1) is 12.4 Å². The number of carbonyl (C=O) groups excluding carboxylic acids is 1. The largest absolute Gasteiger partial charge is 0.387 e. The maximum atomic E-state index is 12.5. The summed E-state index contributed by atoms with van der Waals surface area (Å²) in [5.41, 5.74) is 5.40. The van der Waals surface area contributed by atoms with Crippen molar-refractivity contribution in [3.05, 3.63) is 95.1 Å². The van der Waals surface area contributed by atoms with Crippen LogP contribution < -0.4 is 10.0 Å². The van der Waals surface area contributed by atoms with E-state index in [1.165, 1.54) is 5.56 Å². The molecule has 200 valence electrons. The van der Waals surface area contributed by atoms with E-state index < -0.39 is 22.0 Å². The Morgan fingerprint density at radius 1 is 0.946 bits per heavy atom. The van der Waals surface area contributed by atoms with Crippen LogP contribution in [0.15, 0.2) is 72.8 Å². The molecule has 3 rings (SSSR count). The first-order valence-electron chi connectivity index (χ1n) is 12.3. The highest BCUT2D eigenvalue weighted by molar-refractivity contribution is 7.89. The fraction of sp³-hybridized carbons (Fsp3) is 0.345. The van der Waals surface area contributed by atoms with Gasteiger partial charge < -0.3 is 10.4 Å². The topological polar surface area (TPSA) is 95.5 Å². The molecule has 0 aliphatic carbocycles. The molecule has 6 nitrogen and oxygen atoms in total. The van der Waals surface area contributed by atoms with Gasteiger partial charge in [-0.05, 0) is 65.6 Å². The van der Waals surface area contributed by atoms with Crippen LogP contribution in [0.3, 0.4) is 0 Å². The zero-order valence-corrected chi connectivity index (χ0v) is 23.2. The van der Waals surface area contributed by atoms with Crippen LogP contribution in [-0.2, 0) is 22.9 Å². The molecule has 3 aromatic rings. The Labute approximate surface area is 227 Å². The SMILES string of the molecule is CC(C)Cc1cc(-c2ccc(CCCNC[C@H](O)c3ccccc3)cc2)ccc1C(=O)NS(C)(=O)=O.Cl. The van der Waals surface area contributed by atoms with E-state index in [1.54, 1.807) is 6.07 Å². The molecule has 0 aliphatic rings. The first-order valence-corrected chi connectivity index (χ1v) is 14.2. The second-order valence-corrected chi connectivity index (χ2v) is 11.4. The number of hydrogen-bond donors (Lipinski definition) is 3. The van der Waals surface area contributed by atoms with Crippen molar-refractivity contribution in [3.8, 4) is 11.1 Å². The smallest absolute Gasteiger partial charge is 0.264 e. The van der Waals surface area contributed by atoms with E-state index in [0.29, 0.717) is 24.4 Å². The van der Waals surface area contributed by atoms with E-state index >= 15 is 0 Å². The third-order valence-corrected chi connectivity index (χ3v) is 6.44. The summed E-state index contributed by atoms with van der Waals surface area (Å²) < 4.78 is 25.1. The summed E-state index contributed by atoms with van der Waals surface area (Å²) in [7, 11) is -3.63. The fourth-order valence-electron chi connectivity index (χ4n) is 4.14. The van der Waals surface area contributed by atoms with Crippen molar-refractivity contribution < 1.29 is 18.3 Å². The summed E-state index contributed by atoms with van der Waals surface area (Å²) in [6.07, 6.45) is 3.04. The van der Waals surface area contributed by atoms with Gasteiger partial charge in [-0.25, -0.2) is 13.1 Å². The van der Waals surface area contributed by atoms with Gasteiger partial charge in [0.15, 0.2) is 0 Å². The lowest BCUT2D eigenvalue weighted by molar-refractivity contribution is 0.0980. The number of aryl methyl sites for hydroxylation is 1. The third kappa shape index (κ3) is 9.93. The number of amides is 1. The summed E-state index contributed by atoms with van der Waals surface area (Å²) in [5, 5.41) is 13.6. The number of halogens is 1. The molecule has 0 radical (unpaired) electrons. The van der Waals surface area contributed by atoms with Crippen molar-refractivity contribution in [3.63, 3.8) is 0 Å². The highest BCUT2D eigenvalue weighted by atomic mass is 35.5. The van der Waals surface area contributed by atoms with Gasteiger partial charge in [0.05, 0.1) is 12.4 Å². The standard InChI is InChI=1S/C29H36N2O4S.ClH/c1-21(2)18-26-19-25(15-16-27(26)29(33)31-36(3,34)35)23-13-11-22(12-14-23)8-7-17-30-20-28(32)24-9-5-4-6-10-24;/h4-6,9-16,19,21,28,30,32H,7-8,17-18,20H2,1-3H3,(H,31,33);1H/t28-;/m0./s1. The van der Waals surface area contributed by atoms with Gasteiger partial charge in [0.25, 0.3) is 5.91 Å². The van der Waals surface area contributed by atoms with Crippen LogP contribution in [0.4, 0.5) is 0 Å². The summed E-state index contributed by atoms with van der Waals surface area (Å²) in [5.74, 6) is -0.283. The molecule has 37 heavy (non-hydrogen) atoms. The van der Waals surface area contributed by atoms with Crippen LogP contribution in [-0.4, -0.2) is 38.8 Å². The quantitative estimate of drug-likeness (QED) is 0.281. The molecule has 1 atom stereocenters. The fourth-order valence-corrected chi connectivity index (χ4v) is 4.59. The van der Waals surface area contributed by atoms with E-state index in [0.717, 1.165) is 47.9 Å². The number of rotatable bonds is 12. The van der Waals surface area contributed by atoms with Crippen molar-refractivity contribution in [2.24, 2.45) is 5.92 Å².